The first-order valence-electron chi connectivity index (χ1n) is 5.95. The van der Waals surface area contributed by atoms with Crippen LogP contribution in [0.3, 0.4) is 0 Å². The molecule has 0 fully saturated rings. The third-order valence-electron chi connectivity index (χ3n) is 4.01. The van der Waals surface area contributed by atoms with Gasteiger partial charge in [-0.25, -0.2) is 0 Å². The summed E-state index contributed by atoms with van der Waals surface area (Å²) in [5.41, 5.74) is 10.3. The Hall–Kier alpha value is -1.02. The summed E-state index contributed by atoms with van der Waals surface area (Å²) in [5, 5.41) is 0. The van der Waals surface area contributed by atoms with Gasteiger partial charge in [0.15, 0.2) is 0 Å². The number of rotatable bonds is 1. The molecule has 0 radical (unpaired) electrons. The highest BCUT2D eigenvalue weighted by atomic mass is 15.2. The third kappa shape index (κ3) is 1.21. The SMILES string of the molecule is CC1CCc2cc3c(c(NN)c21)CCC3. The highest BCUT2D eigenvalue weighted by molar-refractivity contribution is 5.66. The van der Waals surface area contributed by atoms with Gasteiger partial charge in [0.2, 0.25) is 0 Å². The second-order valence-corrected chi connectivity index (χ2v) is 4.90. The van der Waals surface area contributed by atoms with E-state index in [1.807, 2.05) is 0 Å². The summed E-state index contributed by atoms with van der Waals surface area (Å²) in [7, 11) is 0. The van der Waals surface area contributed by atoms with Crippen molar-refractivity contribution in [3.63, 3.8) is 0 Å². The van der Waals surface area contributed by atoms with Crippen LogP contribution < -0.4 is 11.3 Å². The smallest absolute Gasteiger partial charge is 0.0557 e. The first-order valence-corrected chi connectivity index (χ1v) is 5.95. The minimum absolute atomic E-state index is 0.678. The first kappa shape index (κ1) is 9.22. The van der Waals surface area contributed by atoms with Crippen LogP contribution in [-0.4, -0.2) is 0 Å². The van der Waals surface area contributed by atoms with Crippen LogP contribution in [0.5, 0.6) is 0 Å². The van der Waals surface area contributed by atoms with E-state index >= 15 is 0 Å². The van der Waals surface area contributed by atoms with Gasteiger partial charge in [-0.05, 0) is 60.3 Å². The van der Waals surface area contributed by atoms with E-state index in [0.29, 0.717) is 5.92 Å². The van der Waals surface area contributed by atoms with Gasteiger partial charge >= 0.3 is 0 Å². The quantitative estimate of drug-likeness (QED) is 0.542. The number of nitrogens with two attached hydrogens (primary N) is 1. The number of anilines is 1. The topological polar surface area (TPSA) is 38.0 Å². The fraction of sp³-hybridized carbons (Fsp3) is 0.538. The molecule has 2 aliphatic rings. The molecule has 2 heteroatoms. The Morgan fingerprint density at radius 3 is 2.93 bits per heavy atom. The molecule has 15 heavy (non-hydrogen) atoms. The fourth-order valence-electron chi connectivity index (χ4n) is 3.27. The summed E-state index contributed by atoms with van der Waals surface area (Å²) < 4.78 is 0. The largest absolute Gasteiger partial charge is 0.324 e. The number of hydrogen-bond donors (Lipinski definition) is 2. The van der Waals surface area contributed by atoms with Gasteiger partial charge in [0, 0.05) is 0 Å². The van der Waals surface area contributed by atoms with Crippen LogP contribution in [0.15, 0.2) is 6.07 Å². The lowest BCUT2D eigenvalue weighted by Crippen LogP contribution is -2.12. The number of benzene rings is 1. The normalized spacial score (nSPS) is 22.7. The summed E-state index contributed by atoms with van der Waals surface area (Å²) in [6.07, 6.45) is 6.26. The Labute approximate surface area is 90.8 Å². The van der Waals surface area contributed by atoms with Gasteiger partial charge in [-0.2, -0.15) is 0 Å². The van der Waals surface area contributed by atoms with E-state index in [2.05, 4.69) is 18.4 Å². The van der Waals surface area contributed by atoms with Crippen LogP contribution in [0.1, 0.15) is 47.9 Å². The van der Waals surface area contributed by atoms with Crippen LogP contribution in [-0.2, 0) is 19.3 Å². The second-order valence-electron chi connectivity index (χ2n) is 4.90. The van der Waals surface area contributed by atoms with Crippen molar-refractivity contribution < 1.29 is 0 Å². The number of aryl methyl sites for hydroxylation is 2. The van der Waals surface area contributed by atoms with E-state index in [-0.39, 0.29) is 0 Å². The number of nitrogens with one attached hydrogen (secondary N) is 1. The van der Waals surface area contributed by atoms with Gasteiger partial charge in [0.05, 0.1) is 5.69 Å². The zero-order valence-electron chi connectivity index (χ0n) is 9.27. The zero-order chi connectivity index (χ0) is 10.4. The van der Waals surface area contributed by atoms with Crippen molar-refractivity contribution in [3.8, 4) is 0 Å². The second kappa shape index (κ2) is 3.24. The van der Waals surface area contributed by atoms with E-state index in [4.69, 9.17) is 5.84 Å². The Morgan fingerprint density at radius 1 is 1.27 bits per heavy atom. The molecule has 1 atom stereocenters. The average Bonchev–Trinajstić information content (AvgIpc) is 2.83. The van der Waals surface area contributed by atoms with Crippen molar-refractivity contribution in [3.05, 3.63) is 28.3 Å². The van der Waals surface area contributed by atoms with Crippen molar-refractivity contribution in [2.75, 3.05) is 5.43 Å². The van der Waals surface area contributed by atoms with Crippen LogP contribution in [0.2, 0.25) is 0 Å². The lowest BCUT2D eigenvalue weighted by atomic mass is 9.95. The molecule has 0 saturated carbocycles. The van der Waals surface area contributed by atoms with Crippen molar-refractivity contribution in [1.82, 2.24) is 0 Å². The maximum atomic E-state index is 5.71. The maximum absolute atomic E-state index is 5.71. The molecule has 3 rings (SSSR count). The molecule has 0 saturated heterocycles. The van der Waals surface area contributed by atoms with Crippen LogP contribution in [0.4, 0.5) is 5.69 Å². The molecule has 1 aromatic carbocycles. The summed E-state index contributed by atoms with van der Waals surface area (Å²) in [5.74, 6) is 6.39. The molecule has 1 unspecified atom stereocenters. The molecular formula is C13H18N2. The summed E-state index contributed by atoms with van der Waals surface area (Å²) in [6, 6.07) is 2.43. The van der Waals surface area contributed by atoms with Gasteiger partial charge in [-0.3, -0.25) is 5.84 Å². The molecule has 0 spiro atoms. The lowest BCUT2D eigenvalue weighted by Gasteiger charge is -2.16. The number of hydrazine groups is 1. The molecule has 0 bridgehead atoms. The molecular weight excluding hydrogens is 184 g/mol. The van der Waals surface area contributed by atoms with E-state index in [0.717, 1.165) is 0 Å². The molecule has 2 nitrogen and oxygen atoms in total. The average molecular weight is 202 g/mol. The minimum Gasteiger partial charge on any atom is -0.324 e. The molecule has 0 aromatic heterocycles. The van der Waals surface area contributed by atoms with E-state index in [1.165, 1.54) is 60.0 Å². The van der Waals surface area contributed by atoms with Gasteiger partial charge in [0.25, 0.3) is 0 Å². The minimum atomic E-state index is 0.678. The Balaban J connectivity index is 2.24. The summed E-state index contributed by atoms with van der Waals surface area (Å²) in [6.45, 7) is 2.31. The molecule has 2 aliphatic carbocycles. The highest BCUT2D eigenvalue weighted by Gasteiger charge is 2.27. The van der Waals surface area contributed by atoms with Gasteiger partial charge in [0.1, 0.15) is 0 Å². The number of nitrogen functional groups attached to an aromatic ring is 1. The lowest BCUT2D eigenvalue weighted by molar-refractivity contribution is 0.747. The monoisotopic (exact) mass is 202 g/mol. The van der Waals surface area contributed by atoms with E-state index in [9.17, 15) is 0 Å². The summed E-state index contributed by atoms with van der Waals surface area (Å²) in [4.78, 5) is 0. The molecule has 80 valence electrons. The number of hydrogen-bond acceptors (Lipinski definition) is 2. The third-order valence-corrected chi connectivity index (χ3v) is 4.01. The Kier molecular flexibility index (Phi) is 1.99. The van der Waals surface area contributed by atoms with Crippen LogP contribution in [0, 0.1) is 0 Å². The zero-order valence-corrected chi connectivity index (χ0v) is 9.27. The highest BCUT2D eigenvalue weighted by Crippen LogP contribution is 2.43. The van der Waals surface area contributed by atoms with Crippen LogP contribution in [0.25, 0.3) is 0 Å². The number of fused-ring (bicyclic) bond motifs is 2. The predicted octanol–water partition coefficient (Wildman–Crippen LogP) is 2.51. The van der Waals surface area contributed by atoms with E-state index in [1.54, 1.807) is 0 Å². The first-order chi connectivity index (χ1) is 7.31. The maximum Gasteiger partial charge on any atom is 0.0557 e. The van der Waals surface area contributed by atoms with Crippen molar-refractivity contribution in [2.24, 2.45) is 5.84 Å². The standard InChI is InChI=1S/C13H18N2/c1-8-5-6-10-7-9-3-2-4-11(9)13(15-14)12(8)10/h7-8,15H,2-6,14H2,1H3. The molecule has 0 amide bonds. The van der Waals surface area contributed by atoms with Gasteiger partial charge in [-0.15, -0.1) is 0 Å². The predicted molar refractivity (Wildman–Crippen MR) is 63.0 cm³/mol. The van der Waals surface area contributed by atoms with Crippen molar-refractivity contribution >= 4 is 5.69 Å². The van der Waals surface area contributed by atoms with Crippen LogP contribution >= 0.6 is 0 Å². The van der Waals surface area contributed by atoms with Crippen molar-refractivity contribution in [2.45, 2.75) is 44.9 Å². The molecule has 3 N–H and O–H groups in total. The molecule has 1 aromatic rings. The Bertz CT molecular complexity index is 409. The van der Waals surface area contributed by atoms with Crippen molar-refractivity contribution in [1.29, 1.82) is 0 Å². The van der Waals surface area contributed by atoms with E-state index < -0.39 is 0 Å². The summed E-state index contributed by atoms with van der Waals surface area (Å²) >= 11 is 0. The Morgan fingerprint density at radius 2 is 2.13 bits per heavy atom. The molecule has 0 heterocycles. The van der Waals surface area contributed by atoms with Gasteiger partial charge in [-0.1, -0.05) is 13.0 Å². The fourth-order valence-corrected chi connectivity index (χ4v) is 3.27. The van der Waals surface area contributed by atoms with Gasteiger partial charge < -0.3 is 5.43 Å². The molecule has 0 aliphatic heterocycles.